The van der Waals surface area contributed by atoms with Gasteiger partial charge in [-0.1, -0.05) is 11.3 Å². The average molecular weight is 469 g/mol. The van der Waals surface area contributed by atoms with Gasteiger partial charge in [-0.05, 0) is 36.3 Å². The average Bonchev–Trinajstić information content (AvgIpc) is 3.18. The maximum Gasteiger partial charge on any atom is 0.499 e. The molecular weight excluding hydrogens is 456 g/mol. The number of allylic oxidation sites excluding steroid dienone is 2. The van der Waals surface area contributed by atoms with Crippen LogP contribution in [0.15, 0.2) is 35.1 Å². The number of hydrogen-bond donors (Lipinski definition) is 1. The van der Waals surface area contributed by atoms with E-state index in [1.807, 2.05) is 0 Å². The first-order valence-corrected chi connectivity index (χ1v) is 9.43. The molecule has 2 aliphatic rings. The molecule has 13 heteroatoms. The summed E-state index contributed by atoms with van der Waals surface area (Å²) >= 11 is 0.216. The van der Waals surface area contributed by atoms with Crippen molar-refractivity contribution in [3.05, 3.63) is 39.9 Å². The summed E-state index contributed by atoms with van der Waals surface area (Å²) in [7, 11) is 0. The number of alkyl halides is 6. The Morgan fingerprint density at radius 2 is 1.90 bits per heavy atom. The van der Waals surface area contributed by atoms with Gasteiger partial charge in [0.05, 0.1) is 17.3 Å². The van der Waals surface area contributed by atoms with Crippen LogP contribution in [0.4, 0.5) is 26.3 Å². The first kappa shape index (κ1) is 22.8. The molecule has 1 amide bonds. The SMILES string of the molecule is CC1=C(CC(=O)O)C2=CC(=O)C(F)CC2N1C(=O)c1ccc(OC(F)(F)C(F)(F)F)s1. The number of hydrogen-bond acceptors (Lipinski definition) is 5. The first-order chi connectivity index (χ1) is 14.2. The van der Waals surface area contributed by atoms with Crippen molar-refractivity contribution in [2.75, 3.05) is 0 Å². The van der Waals surface area contributed by atoms with Gasteiger partial charge >= 0.3 is 18.3 Å². The summed E-state index contributed by atoms with van der Waals surface area (Å²) in [6.07, 6.45) is -13.4. The van der Waals surface area contributed by atoms with Gasteiger partial charge in [-0.25, -0.2) is 4.39 Å². The lowest BCUT2D eigenvalue weighted by atomic mass is 9.88. The molecule has 2 atom stereocenters. The fraction of sp³-hybridized carbons (Fsp3) is 0.389. The number of amides is 1. The number of halogens is 6. The topological polar surface area (TPSA) is 83.9 Å². The standard InChI is InChI=1S/C18H13F6NO5S/c1-7-8(5-14(27)28)9-4-12(26)10(19)6-11(9)25(7)16(29)13-2-3-15(31-13)30-18(23,24)17(20,21)22/h2-4,10-11H,5-6H2,1H3,(H,27,28). The fourth-order valence-corrected chi connectivity index (χ4v) is 4.19. The highest BCUT2D eigenvalue weighted by molar-refractivity contribution is 7.15. The predicted octanol–water partition coefficient (Wildman–Crippen LogP) is 4.09. The van der Waals surface area contributed by atoms with Crippen LogP contribution in [0.5, 0.6) is 5.06 Å². The number of nitrogens with zero attached hydrogens (tertiary/aromatic N) is 1. The van der Waals surface area contributed by atoms with Gasteiger partial charge in [-0.3, -0.25) is 14.4 Å². The van der Waals surface area contributed by atoms with Gasteiger partial charge in [-0.2, -0.15) is 22.0 Å². The predicted molar refractivity (Wildman–Crippen MR) is 93.5 cm³/mol. The highest BCUT2D eigenvalue weighted by atomic mass is 32.1. The van der Waals surface area contributed by atoms with Gasteiger partial charge in [0.25, 0.3) is 5.91 Å². The van der Waals surface area contributed by atoms with Crippen LogP contribution in [-0.4, -0.2) is 52.2 Å². The molecule has 0 bridgehead atoms. The van der Waals surface area contributed by atoms with Crippen LogP contribution >= 0.6 is 11.3 Å². The van der Waals surface area contributed by atoms with E-state index >= 15 is 0 Å². The number of carboxylic acids is 1. The van der Waals surface area contributed by atoms with E-state index in [4.69, 9.17) is 5.11 Å². The summed E-state index contributed by atoms with van der Waals surface area (Å²) in [6, 6.07) is 0.698. The minimum absolute atomic E-state index is 0.113. The molecule has 6 nitrogen and oxygen atoms in total. The lowest BCUT2D eigenvalue weighted by Gasteiger charge is -2.29. The van der Waals surface area contributed by atoms with Crippen molar-refractivity contribution in [2.45, 2.75) is 44.3 Å². The van der Waals surface area contributed by atoms with Crippen molar-refractivity contribution in [1.82, 2.24) is 4.90 Å². The lowest BCUT2D eigenvalue weighted by molar-refractivity contribution is -0.359. The van der Waals surface area contributed by atoms with Crippen LogP contribution in [0.1, 0.15) is 29.4 Å². The fourth-order valence-electron chi connectivity index (χ4n) is 3.37. The summed E-state index contributed by atoms with van der Waals surface area (Å²) in [5, 5.41) is 8.24. The van der Waals surface area contributed by atoms with Gasteiger partial charge < -0.3 is 14.7 Å². The van der Waals surface area contributed by atoms with Crippen LogP contribution in [0.2, 0.25) is 0 Å². The number of fused-ring (bicyclic) bond motifs is 1. The van der Waals surface area contributed by atoms with E-state index in [0.717, 1.165) is 23.1 Å². The molecule has 3 rings (SSSR count). The Morgan fingerprint density at radius 3 is 2.48 bits per heavy atom. The van der Waals surface area contributed by atoms with Crippen LogP contribution in [0, 0.1) is 0 Å². The molecule has 1 aliphatic carbocycles. The Morgan fingerprint density at radius 1 is 1.26 bits per heavy atom. The molecule has 168 valence electrons. The Hall–Kier alpha value is -2.83. The number of rotatable bonds is 5. The Bertz CT molecular complexity index is 1010. The summed E-state index contributed by atoms with van der Waals surface area (Å²) in [4.78, 5) is 36.6. The molecule has 0 saturated carbocycles. The van der Waals surface area contributed by atoms with Crippen LogP contribution in [0.25, 0.3) is 0 Å². The zero-order valence-electron chi connectivity index (χ0n) is 15.5. The van der Waals surface area contributed by atoms with Crippen LogP contribution < -0.4 is 4.74 Å². The number of ether oxygens (including phenoxy) is 1. The van der Waals surface area contributed by atoms with E-state index in [1.165, 1.54) is 6.92 Å². The summed E-state index contributed by atoms with van der Waals surface area (Å²) < 4.78 is 80.8. The third-order valence-corrected chi connectivity index (χ3v) is 5.70. The van der Waals surface area contributed by atoms with E-state index in [1.54, 1.807) is 0 Å². The molecular formula is C18H13F6NO5S. The third-order valence-electron chi connectivity index (χ3n) is 4.75. The molecule has 2 heterocycles. The highest BCUT2D eigenvalue weighted by Gasteiger charge is 2.61. The second kappa shape index (κ2) is 7.70. The van der Waals surface area contributed by atoms with E-state index in [2.05, 4.69) is 4.74 Å². The van der Waals surface area contributed by atoms with Crippen molar-refractivity contribution in [2.24, 2.45) is 0 Å². The van der Waals surface area contributed by atoms with E-state index in [9.17, 15) is 40.7 Å². The molecule has 1 N–H and O–H groups in total. The quantitative estimate of drug-likeness (QED) is 0.657. The van der Waals surface area contributed by atoms with Crippen LogP contribution in [-0.2, 0) is 9.59 Å². The number of carbonyl (C=O) groups excluding carboxylic acids is 2. The summed E-state index contributed by atoms with van der Waals surface area (Å²) in [6.45, 7) is 1.37. The van der Waals surface area contributed by atoms with Gasteiger partial charge in [-0.15, -0.1) is 0 Å². The largest absolute Gasteiger partial charge is 0.499 e. The molecule has 0 fully saturated rings. The molecule has 0 radical (unpaired) electrons. The van der Waals surface area contributed by atoms with Crippen molar-refractivity contribution < 1.29 is 50.6 Å². The normalized spacial score (nSPS) is 21.8. The number of aliphatic carboxylic acids is 1. The van der Waals surface area contributed by atoms with Crippen molar-refractivity contribution in [3.8, 4) is 5.06 Å². The molecule has 1 aromatic heterocycles. The van der Waals surface area contributed by atoms with Gasteiger partial charge in [0.1, 0.15) is 0 Å². The maximum absolute atomic E-state index is 14.0. The van der Waals surface area contributed by atoms with Crippen LogP contribution in [0.3, 0.4) is 0 Å². The highest BCUT2D eigenvalue weighted by Crippen LogP contribution is 2.43. The Balaban J connectivity index is 1.93. The molecule has 0 spiro atoms. The van der Waals surface area contributed by atoms with E-state index in [0.29, 0.717) is 0 Å². The second-order valence-electron chi connectivity index (χ2n) is 6.77. The van der Waals surface area contributed by atoms with Crippen molar-refractivity contribution in [3.63, 3.8) is 0 Å². The smallest absolute Gasteiger partial charge is 0.481 e. The first-order valence-electron chi connectivity index (χ1n) is 8.61. The summed E-state index contributed by atoms with van der Waals surface area (Å²) in [5.74, 6) is -3.03. The minimum atomic E-state index is -5.97. The lowest BCUT2D eigenvalue weighted by Crippen LogP contribution is -2.41. The Kier molecular flexibility index (Phi) is 5.67. The molecule has 0 aromatic carbocycles. The third kappa shape index (κ3) is 4.18. The number of thiophene rings is 1. The molecule has 1 aromatic rings. The summed E-state index contributed by atoms with van der Waals surface area (Å²) in [5.41, 5.74) is 0.397. The monoisotopic (exact) mass is 469 g/mol. The zero-order chi connectivity index (χ0) is 23.3. The van der Waals surface area contributed by atoms with Crippen molar-refractivity contribution >= 4 is 29.0 Å². The van der Waals surface area contributed by atoms with Gasteiger partial charge in [0, 0.05) is 12.1 Å². The molecule has 31 heavy (non-hydrogen) atoms. The number of ketones is 1. The second-order valence-corrected chi connectivity index (χ2v) is 7.81. The molecule has 2 unspecified atom stereocenters. The zero-order valence-corrected chi connectivity index (χ0v) is 16.3. The maximum atomic E-state index is 14.0. The van der Waals surface area contributed by atoms with Gasteiger partial charge in [0.2, 0.25) is 0 Å². The number of carbonyl (C=O) groups is 3. The van der Waals surface area contributed by atoms with E-state index in [-0.39, 0.29) is 33.1 Å². The van der Waals surface area contributed by atoms with Gasteiger partial charge in [0.15, 0.2) is 17.0 Å². The Labute approximate surface area is 174 Å². The minimum Gasteiger partial charge on any atom is -0.481 e. The van der Waals surface area contributed by atoms with Crippen molar-refractivity contribution in [1.29, 1.82) is 0 Å². The molecule has 0 saturated heterocycles. The molecule has 1 aliphatic heterocycles. The number of carboxylic acid groups (broad SMARTS) is 1. The van der Waals surface area contributed by atoms with E-state index < -0.39 is 60.1 Å².